The Morgan fingerprint density at radius 1 is 1.48 bits per heavy atom. The average molecular weight is 288 g/mol. The molecule has 2 rings (SSSR count). The Morgan fingerprint density at radius 2 is 2.29 bits per heavy atom. The maximum absolute atomic E-state index is 13.8. The number of nitrogens with two attached hydrogens (primary N) is 1. The van der Waals surface area contributed by atoms with E-state index in [1.54, 1.807) is 6.07 Å². The third-order valence-electron chi connectivity index (χ3n) is 3.91. The number of halogens is 1. The van der Waals surface area contributed by atoms with Gasteiger partial charge in [-0.1, -0.05) is 25.2 Å². The zero-order valence-electron chi connectivity index (χ0n) is 12.3. The van der Waals surface area contributed by atoms with Crippen molar-refractivity contribution in [1.82, 2.24) is 5.32 Å². The highest BCUT2D eigenvalue weighted by Gasteiger charge is 2.21. The second kappa shape index (κ2) is 7.24. The van der Waals surface area contributed by atoms with Crippen LogP contribution < -0.4 is 11.1 Å². The molecule has 0 bridgehead atoms. The molecule has 1 aromatic rings. The van der Waals surface area contributed by atoms with Gasteiger partial charge in [-0.25, -0.2) is 4.39 Å². The van der Waals surface area contributed by atoms with E-state index in [2.05, 4.69) is 24.1 Å². The van der Waals surface area contributed by atoms with Gasteiger partial charge in [-0.3, -0.25) is 4.79 Å². The van der Waals surface area contributed by atoms with Crippen LogP contribution in [0.2, 0.25) is 0 Å². The van der Waals surface area contributed by atoms with Gasteiger partial charge in [0.2, 0.25) is 0 Å². The topological polar surface area (TPSA) is 55.1 Å². The Hall–Kier alpha value is -1.86. The summed E-state index contributed by atoms with van der Waals surface area (Å²) in [6, 6.07) is 4.34. The van der Waals surface area contributed by atoms with Crippen molar-refractivity contribution >= 4 is 5.91 Å². The predicted octanol–water partition coefficient (Wildman–Crippen LogP) is 2.30. The van der Waals surface area contributed by atoms with Gasteiger partial charge in [0.25, 0.3) is 5.91 Å². The molecule has 0 aliphatic heterocycles. The number of carbonyl (C=O) groups excluding carboxylic acids is 1. The van der Waals surface area contributed by atoms with E-state index in [4.69, 9.17) is 5.73 Å². The minimum atomic E-state index is -0.488. The van der Waals surface area contributed by atoms with Crippen LogP contribution in [0.25, 0.3) is 0 Å². The molecule has 2 atom stereocenters. The Labute approximate surface area is 125 Å². The Bertz CT molecular complexity index is 574. The fraction of sp³-hybridized carbons (Fsp3) is 0.471. The summed E-state index contributed by atoms with van der Waals surface area (Å²) in [6.45, 7) is 3.08. The average Bonchev–Trinajstić information content (AvgIpc) is 2.89. The lowest BCUT2D eigenvalue weighted by atomic mass is 10.1. The second-order valence-electron chi connectivity index (χ2n) is 5.69. The van der Waals surface area contributed by atoms with Gasteiger partial charge in [0.05, 0.1) is 12.1 Å². The predicted molar refractivity (Wildman–Crippen MR) is 81.2 cm³/mol. The maximum atomic E-state index is 13.8. The van der Waals surface area contributed by atoms with Gasteiger partial charge in [-0.15, -0.1) is 0 Å². The highest BCUT2D eigenvalue weighted by atomic mass is 19.1. The molecule has 2 unspecified atom stereocenters. The first-order valence-electron chi connectivity index (χ1n) is 7.37. The van der Waals surface area contributed by atoms with Crippen LogP contribution in [0.5, 0.6) is 0 Å². The minimum Gasteiger partial charge on any atom is -0.352 e. The van der Waals surface area contributed by atoms with E-state index in [0.29, 0.717) is 18.0 Å². The van der Waals surface area contributed by atoms with Gasteiger partial charge in [0.1, 0.15) is 5.82 Å². The fourth-order valence-electron chi connectivity index (χ4n) is 2.75. The standard InChI is InChI=1S/C17H21FN2O/c1-12-4-5-13(9-12)11-20-17(21)15-7-6-14(3-2-8-19)16(18)10-15/h6-7,10,12-13H,4-5,8-9,11,19H2,1H3,(H,20,21). The summed E-state index contributed by atoms with van der Waals surface area (Å²) in [5, 5.41) is 2.89. The number of hydrogen-bond donors (Lipinski definition) is 2. The number of nitrogens with one attached hydrogen (secondary N) is 1. The molecular formula is C17H21FN2O. The zero-order chi connectivity index (χ0) is 15.2. The van der Waals surface area contributed by atoms with E-state index < -0.39 is 5.82 Å². The number of carbonyl (C=O) groups is 1. The van der Waals surface area contributed by atoms with Crippen molar-refractivity contribution in [3.05, 3.63) is 35.1 Å². The summed E-state index contributed by atoms with van der Waals surface area (Å²) < 4.78 is 13.8. The lowest BCUT2D eigenvalue weighted by Crippen LogP contribution is -2.28. The number of benzene rings is 1. The van der Waals surface area contributed by atoms with Crippen LogP contribution in [-0.2, 0) is 0 Å². The van der Waals surface area contributed by atoms with Crippen molar-refractivity contribution in [2.45, 2.75) is 26.2 Å². The van der Waals surface area contributed by atoms with Gasteiger partial charge < -0.3 is 11.1 Å². The molecule has 1 aliphatic rings. The molecule has 21 heavy (non-hydrogen) atoms. The Kier molecular flexibility index (Phi) is 5.35. The van der Waals surface area contributed by atoms with Crippen LogP contribution in [0.4, 0.5) is 4.39 Å². The minimum absolute atomic E-state index is 0.182. The number of hydrogen-bond acceptors (Lipinski definition) is 2. The first kappa shape index (κ1) is 15.5. The monoisotopic (exact) mass is 288 g/mol. The highest BCUT2D eigenvalue weighted by Crippen LogP contribution is 2.29. The first-order valence-corrected chi connectivity index (χ1v) is 7.37. The molecule has 0 aromatic heterocycles. The van der Waals surface area contributed by atoms with Crippen LogP contribution in [0.3, 0.4) is 0 Å². The molecular weight excluding hydrogens is 267 g/mol. The van der Waals surface area contributed by atoms with Gasteiger partial charge in [0.15, 0.2) is 0 Å². The molecule has 112 valence electrons. The van der Waals surface area contributed by atoms with Crippen molar-refractivity contribution in [2.75, 3.05) is 13.1 Å². The second-order valence-corrected chi connectivity index (χ2v) is 5.69. The quantitative estimate of drug-likeness (QED) is 0.839. The van der Waals surface area contributed by atoms with E-state index in [9.17, 15) is 9.18 Å². The molecule has 1 fully saturated rings. The van der Waals surface area contributed by atoms with E-state index in [1.165, 1.54) is 18.6 Å². The zero-order valence-corrected chi connectivity index (χ0v) is 12.3. The molecule has 0 saturated heterocycles. The molecule has 1 saturated carbocycles. The van der Waals surface area contributed by atoms with E-state index in [0.717, 1.165) is 18.8 Å². The molecule has 1 aromatic carbocycles. The molecule has 4 heteroatoms. The largest absolute Gasteiger partial charge is 0.352 e. The van der Waals surface area contributed by atoms with Crippen molar-refractivity contribution in [1.29, 1.82) is 0 Å². The number of amides is 1. The smallest absolute Gasteiger partial charge is 0.251 e. The lowest BCUT2D eigenvalue weighted by molar-refractivity contribution is 0.0946. The van der Waals surface area contributed by atoms with Gasteiger partial charge >= 0.3 is 0 Å². The summed E-state index contributed by atoms with van der Waals surface area (Å²) in [4.78, 5) is 12.0. The molecule has 1 amide bonds. The van der Waals surface area contributed by atoms with E-state index in [1.807, 2.05) is 0 Å². The van der Waals surface area contributed by atoms with Crippen molar-refractivity contribution in [3.8, 4) is 11.8 Å². The van der Waals surface area contributed by atoms with Crippen molar-refractivity contribution in [3.63, 3.8) is 0 Å². The lowest BCUT2D eigenvalue weighted by Gasteiger charge is -2.11. The van der Waals surface area contributed by atoms with Crippen molar-refractivity contribution in [2.24, 2.45) is 17.6 Å². The third kappa shape index (κ3) is 4.30. The Balaban J connectivity index is 1.94. The van der Waals surface area contributed by atoms with Gasteiger partial charge in [0, 0.05) is 12.1 Å². The highest BCUT2D eigenvalue weighted by molar-refractivity contribution is 5.94. The molecule has 0 spiro atoms. The van der Waals surface area contributed by atoms with Crippen LogP contribution >= 0.6 is 0 Å². The van der Waals surface area contributed by atoms with Crippen LogP contribution in [0.1, 0.15) is 42.1 Å². The molecule has 0 heterocycles. The number of rotatable bonds is 3. The van der Waals surface area contributed by atoms with Gasteiger partial charge in [-0.2, -0.15) is 0 Å². The Morgan fingerprint density at radius 3 is 2.90 bits per heavy atom. The summed E-state index contributed by atoms with van der Waals surface area (Å²) in [5.41, 5.74) is 5.85. The van der Waals surface area contributed by atoms with Gasteiger partial charge in [-0.05, 0) is 42.9 Å². The molecule has 3 N–H and O–H groups in total. The molecule has 0 radical (unpaired) electrons. The summed E-state index contributed by atoms with van der Waals surface area (Å²) in [5.74, 6) is 5.80. The molecule has 3 nitrogen and oxygen atoms in total. The van der Waals surface area contributed by atoms with Crippen LogP contribution in [0.15, 0.2) is 18.2 Å². The van der Waals surface area contributed by atoms with Crippen LogP contribution in [-0.4, -0.2) is 19.0 Å². The fourth-order valence-corrected chi connectivity index (χ4v) is 2.75. The first-order chi connectivity index (χ1) is 10.1. The van der Waals surface area contributed by atoms with E-state index in [-0.39, 0.29) is 18.0 Å². The third-order valence-corrected chi connectivity index (χ3v) is 3.91. The summed E-state index contributed by atoms with van der Waals surface area (Å²) in [6.07, 6.45) is 3.54. The SMILES string of the molecule is CC1CCC(CNC(=O)c2ccc(C#CCN)c(F)c2)C1. The van der Waals surface area contributed by atoms with Crippen molar-refractivity contribution < 1.29 is 9.18 Å². The molecule has 1 aliphatic carbocycles. The summed E-state index contributed by atoms with van der Waals surface area (Å²) >= 11 is 0. The normalized spacial score (nSPS) is 20.7. The van der Waals surface area contributed by atoms with Crippen LogP contribution in [0, 0.1) is 29.5 Å². The maximum Gasteiger partial charge on any atom is 0.251 e. The van der Waals surface area contributed by atoms with E-state index >= 15 is 0 Å². The summed E-state index contributed by atoms with van der Waals surface area (Å²) in [7, 11) is 0.